The summed E-state index contributed by atoms with van der Waals surface area (Å²) in [6.07, 6.45) is 5.13. The predicted molar refractivity (Wildman–Crippen MR) is 81.8 cm³/mol. The molecule has 2 aromatic rings. The summed E-state index contributed by atoms with van der Waals surface area (Å²) < 4.78 is 13.1. The van der Waals surface area contributed by atoms with Gasteiger partial charge in [-0.15, -0.1) is 0 Å². The number of aromatic nitrogens is 2. The van der Waals surface area contributed by atoms with E-state index in [9.17, 15) is 14.0 Å². The lowest BCUT2D eigenvalue weighted by atomic mass is 9.94. The van der Waals surface area contributed by atoms with Crippen molar-refractivity contribution >= 4 is 22.8 Å². The highest BCUT2D eigenvalue weighted by atomic mass is 19.1. The number of aliphatic carboxylic acids is 1. The van der Waals surface area contributed by atoms with Gasteiger partial charge in [0.1, 0.15) is 12.4 Å². The summed E-state index contributed by atoms with van der Waals surface area (Å²) in [6.45, 7) is -0.440. The van der Waals surface area contributed by atoms with Gasteiger partial charge in [-0.25, -0.2) is 4.39 Å². The smallest absolute Gasteiger partial charge is 0.322 e. The molecule has 0 bridgehead atoms. The fraction of sp³-hybridized carbons (Fsp3) is 0.188. The van der Waals surface area contributed by atoms with Gasteiger partial charge in [-0.05, 0) is 36.8 Å². The topological polar surface area (TPSA) is 95.1 Å². The maximum absolute atomic E-state index is 13.1. The first kappa shape index (κ1) is 15.0. The second-order valence-corrected chi connectivity index (χ2v) is 5.24. The quantitative estimate of drug-likeness (QED) is 0.806. The lowest BCUT2D eigenvalue weighted by Gasteiger charge is -2.11. The van der Waals surface area contributed by atoms with Gasteiger partial charge in [-0.3, -0.25) is 14.7 Å². The first-order valence-electron chi connectivity index (χ1n) is 7.06. The van der Waals surface area contributed by atoms with Gasteiger partial charge in [-0.1, -0.05) is 6.08 Å². The zero-order valence-electron chi connectivity index (χ0n) is 12.0. The van der Waals surface area contributed by atoms with Crippen LogP contribution in [0.3, 0.4) is 0 Å². The van der Waals surface area contributed by atoms with Crippen LogP contribution in [0.5, 0.6) is 0 Å². The van der Waals surface area contributed by atoms with E-state index in [-0.39, 0.29) is 11.7 Å². The number of halogens is 1. The molecule has 3 N–H and O–H groups in total. The minimum absolute atomic E-state index is 0.0689. The number of nitrogens with one attached hydrogen (secondary N) is 2. The SMILES string of the molecule is O=C(O)CNC(=O)c1ccc2[nH]nc(C3C=CC(F)=CC3)c2c1. The molecule has 3 rings (SSSR count). The van der Waals surface area contributed by atoms with Crippen molar-refractivity contribution < 1.29 is 19.1 Å². The second kappa shape index (κ2) is 6.04. The van der Waals surface area contributed by atoms with Crippen molar-refractivity contribution in [2.45, 2.75) is 12.3 Å². The molecule has 0 saturated carbocycles. The van der Waals surface area contributed by atoms with Crippen LogP contribution >= 0.6 is 0 Å². The lowest BCUT2D eigenvalue weighted by molar-refractivity contribution is -0.135. The Labute approximate surface area is 130 Å². The van der Waals surface area contributed by atoms with Crippen molar-refractivity contribution in [1.82, 2.24) is 15.5 Å². The number of carboxylic acids is 1. The number of allylic oxidation sites excluding steroid dienone is 4. The highest BCUT2D eigenvalue weighted by Crippen LogP contribution is 2.31. The van der Waals surface area contributed by atoms with E-state index in [4.69, 9.17) is 5.11 Å². The summed E-state index contributed by atoms with van der Waals surface area (Å²) in [5.74, 6) is -1.91. The van der Waals surface area contributed by atoms with Crippen molar-refractivity contribution in [3.8, 4) is 0 Å². The van der Waals surface area contributed by atoms with Crippen LogP contribution in [0.25, 0.3) is 10.9 Å². The van der Waals surface area contributed by atoms with Crippen LogP contribution in [0.15, 0.2) is 42.3 Å². The zero-order valence-corrected chi connectivity index (χ0v) is 12.0. The van der Waals surface area contributed by atoms with E-state index in [1.165, 1.54) is 12.2 Å². The molecule has 0 saturated heterocycles. The number of carboxylic acid groups (broad SMARTS) is 1. The number of carbonyl (C=O) groups is 2. The summed E-state index contributed by atoms with van der Waals surface area (Å²) >= 11 is 0. The maximum Gasteiger partial charge on any atom is 0.322 e. The normalized spacial score (nSPS) is 17.1. The highest BCUT2D eigenvalue weighted by molar-refractivity contribution is 5.99. The predicted octanol–water partition coefficient (Wildman–Crippen LogP) is 2.27. The molecule has 1 atom stereocenters. The molecular formula is C16H14FN3O3. The van der Waals surface area contributed by atoms with Gasteiger partial charge in [0.15, 0.2) is 0 Å². The van der Waals surface area contributed by atoms with Gasteiger partial charge in [0.05, 0.1) is 11.2 Å². The van der Waals surface area contributed by atoms with Gasteiger partial charge in [0, 0.05) is 16.9 Å². The Morgan fingerprint density at radius 2 is 2.26 bits per heavy atom. The van der Waals surface area contributed by atoms with Gasteiger partial charge in [0.25, 0.3) is 5.91 Å². The number of hydrogen-bond donors (Lipinski definition) is 3. The van der Waals surface area contributed by atoms with Crippen molar-refractivity contribution in [1.29, 1.82) is 0 Å². The molecule has 0 fully saturated rings. The number of carbonyl (C=O) groups excluding carboxylic acids is 1. The Morgan fingerprint density at radius 3 is 2.96 bits per heavy atom. The Bertz CT molecular complexity index is 838. The lowest BCUT2D eigenvalue weighted by Crippen LogP contribution is -2.29. The minimum atomic E-state index is -1.11. The van der Waals surface area contributed by atoms with Crippen LogP contribution in [0.4, 0.5) is 4.39 Å². The summed E-state index contributed by atoms with van der Waals surface area (Å²) in [5, 5.41) is 18.8. The summed E-state index contributed by atoms with van der Waals surface area (Å²) in [7, 11) is 0. The molecule has 1 aliphatic carbocycles. The Balaban J connectivity index is 1.90. The van der Waals surface area contributed by atoms with Crippen LogP contribution in [0.1, 0.15) is 28.4 Å². The first-order valence-corrected chi connectivity index (χ1v) is 7.06. The summed E-state index contributed by atoms with van der Waals surface area (Å²) in [4.78, 5) is 22.5. The average molecular weight is 315 g/mol. The molecule has 6 nitrogen and oxygen atoms in total. The number of benzene rings is 1. The largest absolute Gasteiger partial charge is 0.480 e. The molecule has 0 spiro atoms. The Kier molecular flexibility index (Phi) is 3.92. The number of nitrogens with zero attached hydrogens (tertiary/aromatic N) is 1. The standard InChI is InChI=1S/C16H14FN3O3/c17-11-4-1-9(2-5-11)15-12-7-10(3-6-13(12)19-20-15)16(23)18-8-14(21)22/h1,3-7,9H,2,8H2,(H,18,23)(H,19,20)(H,21,22). The van der Waals surface area contributed by atoms with Crippen LogP contribution in [0.2, 0.25) is 0 Å². The molecule has 23 heavy (non-hydrogen) atoms. The third-order valence-corrected chi connectivity index (χ3v) is 3.66. The van der Waals surface area contributed by atoms with Crippen LogP contribution in [-0.4, -0.2) is 33.7 Å². The third kappa shape index (κ3) is 3.13. The maximum atomic E-state index is 13.1. The highest BCUT2D eigenvalue weighted by Gasteiger charge is 2.18. The molecule has 1 aromatic heterocycles. The van der Waals surface area contributed by atoms with E-state index in [2.05, 4.69) is 15.5 Å². The van der Waals surface area contributed by atoms with Crippen molar-refractivity contribution in [3.63, 3.8) is 0 Å². The minimum Gasteiger partial charge on any atom is -0.480 e. The van der Waals surface area contributed by atoms with Crippen LogP contribution in [0, 0.1) is 0 Å². The van der Waals surface area contributed by atoms with Gasteiger partial charge in [0.2, 0.25) is 0 Å². The number of fused-ring (bicyclic) bond motifs is 1. The monoisotopic (exact) mass is 315 g/mol. The van der Waals surface area contributed by atoms with E-state index in [0.717, 1.165) is 16.6 Å². The van der Waals surface area contributed by atoms with Gasteiger partial charge >= 0.3 is 5.97 Å². The molecule has 1 aromatic carbocycles. The molecule has 1 heterocycles. The number of aromatic amines is 1. The second-order valence-electron chi connectivity index (χ2n) is 5.24. The van der Waals surface area contributed by atoms with E-state index >= 15 is 0 Å². The fourth-order valence-electron chi connectivity index (χ4n) is 2.51. The van der Waals surface area contributed by atoms with E-state index in [1.54, 1.807) is 24.3 Å². The van der Waals surface area contributed by atoms with Crippen molar-refractivity contribution in [2.24, 2.45) is 0 Å². The van der Waals surface area contributed by atoms with Crippen LogP contribution < -0.4 is 5.32 Å². The number of H-pyrrole nitrogens is 1. The zero-order chi connectivity index (χ0) is 16.4. The van der Waals surface area contributed by atoms with E-state index in [0.29, 0.717) is 12.0 Å². The first-order chi connectivity index (χ1) is 11.0. The molecule has 1 aliphatic rings. The van der Waals surface area contributed by atoms with Crippen molar-refractivity contribution in [3.05, 3.63) is 53.5 Å². The van der Waals surface area contributed by atoms with Gasteiger partial charge < -0.3 is 10.4 Å². The molecular weight excluding hydrogens is 301 g/mol. The number of rotatable bonds is 4. The molecule has 0 aliphatic heterocycles. The Morgan fingerprint density at radius 1 is 1.43 bits per heavy atom. The fourth-order valence-corrected chi connectivity index (χ4v) is 2.51. The molecule has 1 unspecified atom stereocenters. The summed E-state index contributed by atoms with van der Waals surface area (Å²) in [6, 6.07) is 4.97. The van der Waals surface area contributed by atoms with E-state index in [1.807, 2.05) is 0 Å². The number of amides is 1. The molecule has 118 valence electrons. The summed E-state index contributed by atoms with van der Waals surface area (Å²) in [5.41, 5.74) is 1.84. The molecule has 0 radical (unpaired) electrons. The van der Waals surface area contributed by atoms with Crippen LogP contribution in [-0.2, 0) is 4.79 Å². The Hall–Kier alpha value is -2.96. The number of hydrogen-bond acceptors (Lipinski definition) is 3. The average Bonchev–Trinajstić information content (AvgIpc) is 2.96. The van der Waals surface area contributed by atoms with Gasteiger partial charge in [-0.2, -0.15) is 5.10 Å². The van der Waals surface area contributed by atoms with E-state index < -0.39 is 18.4 Å². The third-order valence-electron chi connectivity index (χ3n) is 3.66. The van der Waals surface area contributed by atoms with Crippen molar-refractivity contribution in [2.75, 3.05) is 6.54 Å². The molecule has 7 heteroatoms. The molecule has 1 amide bonds.